The highest BCUT2D eigenvalue weighted by Crippen LogP contribution is 2.47. The lowest BCUT2D eigenvalue weighted by Crippen LogP contribution is -2.55. The van der Waals surface area contributed by atoms with Gasteiger partial charge in [-0.25, -0.2) is 37.5 Å². The summed E-state index contributed by atoms with van der Waals surface area (Å²) < 4.78 is 227. The molecule has 0 saturated carbocycles. The number of aromatic nitrogens is 16. The number of ether oxygens (including phenoxy) is 8. The van der Waals surface area contributed by atoms with E-state index in [0.717, 1.165) is 102 Å². The molecule has 1 N–H and O–H groups in total. The smallest absolute Gasteiger partial charge is 0.345 e. The van der Waals surface area contributed by atoms with Gasteiger partial charge in [0.15, 0.2) is 0 Å². The Balaban J connectivity index is 0.000000141. The van der Waals surface area contributed by atoms with E-state index in [2.05, 4.69) is 98.5 Å². The number of alkyl halides is 12. The van der Waals surface area contributed by atoms with Crippen LogP contribution in [-0.2, 0) is 45.1 Å². The molecule has 748 valence electrons. The van der Waals surface area contributed by atoms with Crippen molar-refractivity contribution in [3.8, 4) is 67.5 Å². The normalized spacial score (nSPS) is 14.9. The van der Waals surface area contributed by atoms with Crippen LogP contribution >= 0.6 is 0 Å². The van der Waals surface area contributed by atoms with Crippen LogP contribution in [0.2, 0.25) is 0 Å². The molecule has 140 heavy (non-hydrogen) atoms. The molecule has 12 aromatic heterocycles. The van der Waals surface area contributed by atoms with Crippen molar-refractivity contribution in [3.05, 3.63) is 142 Å². The number of rotatable bonds is 34. The van der Waals surface area contributed by atoms with Crippen molar-refractivity contribution >= 4 is 87.7 Å². The van der Waals surface area contributed by atoms with Crippen LogP contribution in [0.1, 0.15) is 141 Å². The number of fused-ring (bicyclic) bond motifs is 12. The average Bonchev–Trinajstić information content (AvgIpc) is 1.60. The standard InChI is InChI=1S/C25H27F4N5O3.C25H31F2N5O3.C24H25F4N5O3.C22H25F2N5O3/c1-13(11-36-24(26)27)34-21(10-33-6-5-25(28,29)12-33)31-19-9-30-18-7-17(22-14(2)32-37-15(22)3)20(35-4)8-16(18)23(19)34;1-7-31(8-2)12-22-29-20-11-28-19-9-18(23-15(4)30-35-16(23)5)21(33-6)10-17(19)24(20)32(22)14(3)13-34-25(26)27;1-12(9-35-23(25)26)33-20(8-32-10-24(27,28)11-32)30-18-7-29-17-5-16(21-13(2)31-36-14(21)3)19(34-4)6-15(17)22(18)33;1-11(10-31-22(23)24)29-19(9-25-4)27-17-8-26-16-6-15(20-12(2)28-32-13(20)3)18(30-5)7-14(16)21(17)29/h7-9,13,24H,5-6,10-12H2,1-4H3;9-11,14,25H,7-8,12-13H2,1-6H3;5-7,12,23H,8-11H2,1-4H3;6-8,11,22,25H,9-10H2,1-5H3/t13-;14-;12-;11-/m1111/s1. The van der Waals surface area contributed by atoms with Crippen LogP contribution in [0.3, 0.4) is 0 Å². The van der Waals surface area contributed by atoms with Crippen molar-refractivity contribution in [2.45, 2.75) is 192 Å². The van der Waals surface area contributed by atoms with Gasteiger partial charge in [-0.2, -0.15) is 35.1 Å². The minimum Gasteiger partial charge on any atom is -0.496 e. The minimum absolute atomic E-state index is 0.138. The summed E-state index contributed by atoms with van der Waals surface area (Å²) in [6.45, 7) is 15.7. The van der Waals surface area contributed by atoms with E-state index in [1.54, 1.807) is 100.0 Å². The first-order chi connectivity index (χ1) is 66.8. The number of imidazole rings is 4. The number of benzene rings is 4. The molecule has 32 nitrogen and oxygen atoms in total. The molecule has 4 aromatic carbocycles. The number of hydrogen-bond donors (Lipinski definition) is 1. The molecule has 0 aliphatic carbocycles. The number of nitrogens with zero attached hydrogens (tertiary/aromatic N) is 19. The van der Waals surface area contributed by atoms with Gasteiger partial charge in [0.05, 0.1) is 239 Å². The largest absolute Gasteiger partial charge is 0.496 e. The molecule has 2 aliphatic heterocycles. The first-order valence-corrected chi connectivity index (χ1v) is 45.2. The molecule has 2 aliphatic rings. The number of likely N-dealkylation sites (tertiary alicyclic amines) is 2. The second kappa shape index (κ2) is 42.4. The number of pyridine rings is 4. The summed E-state index contributed by atoms with van der Waals surface area (Å²) in [5, 5.41) is 22.2. The van der Waals surface area contributed by atoms with Crippen LogP contribution in [0.25, 0.3) is 132 Å². The molecule has 18 rings (SSSR count). The number of methoxy groups -OCH3 is 4. The second-order valence-corrected chi connectivity index (χ2v) is 34.7. The quantitative estimate of drug-likeness (QED) is 0.0366. The van der Waals surface area contributed by atoms with Crippen LogP contribution in [-0.4, -0.2) is 233 Å². The monoisotopic (exact) mass is 1960 g/mol. The predicted molar refractivity (Wildman–Crippen MR) is 497 cm³/mol. The zero-order chi connectivity index (χ0) is 101. The third-order valence-corrected chi connectivity index (χ3v) is 25.0. The summed E-state index contributed by atoms with van der Waals surface area (Å²) in [5.41, 5.74) is 17.3. The van der Waals surface area contributed by atoms with E-state index in [0.29, 0.717) is 148 Å². The average molecular weight is 1960 g/mol. The highest BCUT2D eigenvalue weighted by atomic mass is 19.3. The van der Waals surface area contributed by atoms with Crippen LogP contribution < -0.4 is 24.3 Å². The number of aryl methyl sites for hydroxylation is 8. The van der Waals surface area contributed by atoms with Gasteiger partial charge in [-0.3, -0.25) is 34.6 Å². The van der Waals surface area contributed by atoms with Gasteiger partial charge in [0.1, 0.15) is 91.4 Å². The van der Waals surface area contributed by atoms with Gasteiger partial charge in [0.2, 0.25) is 0 Å². The molecular formula is C96H108F12N20O12. The Kier molecular flexibility index (Phi) is 30.8. The SMILES string of the molecule is CCN(CC)Cc1nc2cnc3cc(-c4c(C)noc4C)c(OC)cc3c2n1[C@H](C)COC(F)F.CNCc1nc2cnc3cc(-c4c(C)noc4C)c(OC)cc3c2n1[C@H](C)COC(F)F.COc1cc2c(cc1-c1c(C)noc1C)ncc1nc(CN3CC(F)(F)C3)n([C@H](C)COC(F)F)c12.COc1cc2c(cc1-c1c(C)noc1C)ncc1nc(CN3CCC(F)(F)C3)n([C@H](C)COC(F)F)c12. The van der Waals surface area contributed by atoms with Crippen molar-refractivity contribution in [3.63, 3.8) is 0 Å². The van der Waals surface area contributed by atoms with Crippen LogP contribution in [0, 0.1) is 55.4 Å². The Hall–Kier alpha value is -12.7. The molecule has 2 fully saturated rings. The van der Waals surface area contributed by atoms with E-state index in [9.17, 15) is 52.7 Å². The maximum absolute atomic E-state index is 13.9. The molecule has 0 bridgehead atoms. The summed E-state index contributed by atoms with van der Waals surface area (Å²) >= 11 is 0. The predicted octanol–water partition coefficient (Wildman–Crippen LogP) is 20.5. The van der Waals surface area contributed by atoms with Gasteiger partial charge in [0.25, 0.3) is 11.8 Å². The Labute approximate surface area is 794 Å². The summed E-state index contributed by atoms with van der Waals surface area (Å²) in [5.74, 6) is 1.88. The second-order valence-electron chi connectivity index (χ2n) is 34.7. The fraction of sp³-hybridized carbons (Fsp3) is 0.458. The van der Waals surface area contributed by atoms with Crippen molar-refractivity contribution in [1.29, 1.82) is 0 Å². The number of hydrogen-bond acceptors (Lipinski definition) is 28. The molecule has 4 atom stereocenters. The molecule has 2 saturated heterocycles. The van der Waals surface area contributed by atoms with E-state index < -0.39 is 50.4 Å². The Morgan fingerprint density at radius 3 is 0.900 bits per heavy atom. The Morgan fingerprint density at radius 1 is 0.379 bits per heavy atom. The first kappa shape index (κ1) is 102. The lowest BCUT2D eigenvalue weighted by Gasteiger charge is -2.38. The van der Waals surface area contributed by atoms with Crippen molar-refractivity contribution in [2.75, 3.05) is 101 Å². The first-order valence-electron chi connectivity index (χ1n) is 45.2. The topological polar surface area (TPSA) is 323 Å². The molecule has 14 heterocycles. The molecule has 16 aromatic rings. The summed E-state index contributed by atoms with van der Waals surface area (Å²) in [6.07, 6.45) is 6.37. The molecule has 0 spiro atoms. The van der Waals surface area contributed by atoms with E-state index in [-0.39, 0.29) is 84.2 Å². The number of halogens is 12. The lowest BCUT2D eigenvalue weighted by atomic mass is 10.0. The van der Waals surface area contributed by atoms with Crippen molar-refractivity contribution in [1.82, 2.24) is 98.8 Å². The maximum atomic E-state index is 13.9. The van der Waals surface area contributed by atoms with E-state index in [1.807, 2.05) is 120 Å². The van der Waals surface area contributed by atoms with Crippen molar-refractivity contribution < 1.29 is 109 Å². The fourth-order valence-electron chi connectivity index (χ4n) is 18.7. The van der Waals surface area contributed by atoms with Crippen LogP contribution in [0.15, 0.2) is 91.4 Å². The maximum Gasteiger partial charge on any atom is 0.345 e. The van der Waals surface area contributed by atoms with Gasteiger partial charge in [-0.15, -0.1) is 0 Å². The van der Waals surface area contributed by atoms with E-state index in [1.165, 1.54) is 0 Å². The van der Waals surface area contributed by atoms with Gasteiger partial charge < -0.3 is 79.6 Å². The van der Waals surface area contributed by atoms with Gasteiger partial charge >= 0.3 is 26.4 Å². The molecule has 0 radical (unpaired) electrons. The van der Waals surface area contributed by atoms with Crippen molar-refractivity contribution in [2.24, 2.45) is 0 Å². The van der Waals surface area contributed by atoms with Crippen LogP contribution in [0.5, 0.6) is 23.0 Å². The third-order valence-electron chi connectivity index (χ3n) is 25.0. The van der Waals surface area contributed by atoms with Gasteiger partial charge in [-0.05, 0) is 152 Å². The number of nitrogens with one attached hydrogen (secondary N) is 1. The summed E-state index contributed by atoms with van der Waals surface area (Å²) in [4.78, 5) is 42.7. The minimum atomic E-state index is -2.94. The third kappa shape index (κ3) is 21.0. The Morgan fingerprint density at radius 2 is 0.650 bits per heavy atom. The van der Waals surface area contributed by atoms with E-state index in [4.69, 9.17) is 42.0 Å². The van der Waals surface area contributed by atoms with Gasteiger partial charge in [-0.1, -0.05) is 34.5 Å². The molecule has 0 amide bonds. The van der Waals surface area contributed by atoms with E-state index >= 15 is 0 Å². The molecular weight excluding hydrogens is 1850 g/mol. The molecule has 0 unspecified atom stereocenters. The lowest BCUT2D eigenvalue weighted by molar-refractivity contribution is -0.138. The highest BCUT2D eigenvalue weighted by molar-refractivity contribution is 6.09. The zero-order valence-corrected chi connectivity index (χ0v) is 80.6. The Bertz CT molecular complexity index is 7070. The van der Waals surface area contributed by atoms with Gasteiger partial charge in [0, 0.05) is 56.8 Å². The fourth-order valence-corrected chi connectivity index (χ4v) is 18.7. The van der Waals surface area contributed by atoms with Crippen LogP contribution in [0.4, 0.5) is 52.7 Å². The molecule has 44 heteroatoms. The highest BCUT2D eigenvalue weighted by Gasteiger charge is 2.45. The summed E-state index contributed by atoms with van der Waals surface area (Å²) in [6, 6.07) is 13.2. The zero-order valence-electron chi connectivity index (χ0n) is 80.6. The summed E-state index contributed by atoms with van der Waals surface area (Å²) in [7, 11) is 8.10.